The molecule has 0 aliphatic carbocycles. The molecule has 0 saturated carbocycles. The molecule has 108 valence electrons. The van der Waals surface area contributed by atoms with Gasteiger partial charge in [-0.1, -0.05) is 38.8 Å². The van der Waals surface area contributed by atoms with Crippen molar-refractivity contribution in [3.05, 3.63) is 21.8 Å². The highest BCUT2D eigenvalue weighted by molar-refractivity contribution is 14.1. The molecule has 0 unspecified atom stereocenters. The van der Waals surface area contributed by atoms with Crippen LogP contribution in [0, 0.1) is 17.8 Å². The Kier molecular flexibility index (Phi) is 12.6. The summed E-state index contributed by atoms with van der Waals surface area (Å²) in [6, 6.07) is 0. The molecule has 1 N–H and O–H groups in total. The fraction of sp³-hybridized carbons (Fsp3) is 0.647. The van der Waals surface area contributed by atoms with Gasteiger partial charge in [-0.3, -0.25) is 0 Å². The van der Waals surface area contributed by atoms with Crippen LogP contribution in [0.2, 0.25) is 0 Å². The first-order chi connectivity index (χ1) is 9.10. The van der Waals surface area contributed by atoms with Crippen LogP contribution in [0.15, 0.2) is 21.8 Å². The summed E-state index contributed by atoms with van der Waals surface area (Å²) >= 11 is 2.28. The van der Waals surface area contributed by atoms with E-state index in [1.54, 1.807) is 0 Å². The fourth-order valence-corrected chi connectivity index (χ4v) is 2.46. The van der Waals surface area contributed by atoms with Crippen LogP contribution in [0.3, 0.4) is 0 Å². The summed E-state index contributed by atoms with van der Waals surface area (Å²) in [7, 11) is 0. The molecule has 0 spiro atoms. The van der Waals surface area contributed by atoms with Crippen molar-refractivity contribution in [2.75, 3.05) is 0 Å². The first kappa shape index (κ1) is 18.7. The number of aliphatic hydroxyl groups is 1. The lowest BCUT2D eigenvalue weighted by molar-refractivity contribution is 0.192. The Hall–Kier alpha value is -0.270. The van der Waals surface area contributed by atoms with Crippen LogP contribution in [-0.4, -0.2) is 11.2 Å². The molecule has 0 aromatic heterocycles. The van der Waals surface area contributed by atoms with Crippen LogP contribution in [0.1, 0.15) is 59.3 Å². The van der Waals surface area contributed by atoms with E-state index in [2.05, 4.69) is 60.4 Å². The van der Waals surface area contributed by atoms with Gasteiger partial charge in [-0.05, 0) is 60.8 Å². The number of halogens is 1. The summed E-state index contributed by atoms with van der Waals surface area (Å²) in [6.07, 6.45) is 12.5. The molecule has 2 atom stereocenters. The summed E-state index contributed by atoms with van der Waals surface area (Å²) in [4.78, 5) is 0. The maximum Gasteiger partial charge on any atom is 0.0736 e. The molecule has 0 saturated heterocycles. The topological polar surface area (TPSA) is 20.2 Å². The van der Waals surface area contributed by atoms with Crippen LogP contribution >= 0.6 is 22.6 Å². The number of hydrogen-bond donors (Lipinski definition) is 1. The molecule has 0 aromatic rings. The van der Waals surface area contributed by atoms with Crippen molar-refractivity contribution in [3.63, 3.8) is 0 Å². The predicted octanol–water partition coefficient (Wildman–Crippen LogP) is 5.24. The van der Waals surface area contributed by atoms with Gasteiger partial charge in [0.15, 0.2) is 0 Å². The summed E-state index contributed by atoms with van der Waals surface area (Å²) < 4.78 is 1.12. The van der Waals surface area contributed by atoms with Crippen LogP contribution in [0.25, 0.3) is 0 Å². The molecule has 0 bridgehead atoms. The van der Waals surface area contributed by atoms with Crippen molar-refractivity contribution in [1.82, 2.24) is 0 Å². The van der Waals surface area contributed by atoms with Gasteiger partial charge in [0.1, 0.15) is 0 Å². The highest BCUT2D eigenvalue weighted by atomic mass is 127. The van der Waals surface area contributed by atoms with E-state index < -0.39 is 0 Å². The molecule has 0 radical (unpaired) electrons. The van der Waals surface area contributed by atoms with E-state index in [1.165, 1.54) is 19.3 Å². The minimum Gasteiger partial charge on any atom is -0.389 e. The average Bonchev–Trinajstić information content (AvgIpc) is 2.35. The first-order valence-electron chi connectivity index (χ1n) is 7.21. The van der Waals surface area contributed by atoms with Crippen LogP contribution in [-0.2, 0) is 0 Å². The summed E-state index contributed by atoms with van der Waals surface area (Å²) in [5.41, 5.74) is 0. The zero-order valence-corrected chi connectivity index (χ0v) is 14.6. The lowest BCUT2D eigenvalue weighted by atomic mass is 10.00. The monoisotopic (exact) mass is 374 g/mol. The highest BCUT2D eigenvalue weighted by Crippen LogP contribution is 2.16. The van der Waals surface area contributed by atoms with E-state index in [4.69, 9.17) is 0 Å². The van der Waals surface area contributed by atoms with E-state index in [9.17, 15) is 5.11 Å². The molecular weight excluding hydrogens is 347 g/mol. The molecule has 0 heterocycles. The number of hydrogen-bond acceptors (Lipinski definition) is 1. The Morgan fingerprint density at radius 1 is 1.37 bits per heavy atom. The molecule has 0 fully saturated rings. The Bertz CT molecular complexity index is 333. The van der Waals surface area contributed by atoms with E-state index in [-0.39, 0.29) is 6.10 Å². The predicted molar refractivity (Wildman–Crippen MR) is 93.2 cm³/mol. The van der Waals surface area contributed by atoms with Crippen LogP contribution < -0.4 is 0 Å². The Labute approximate surface area is 132 Å². The second-order valence-electron chi connectivity index (χ2n) is 4.99. The highest BCUT2D eigenvalue weighted by Gasteiger charge is 2.07. The van der Waals surface area contributed by atoms with Crippen LogP contribution in [0.4, 0.5) is 0 Å². The minimum absolute atomic E-state index is 0.360. The van der Waals surface area contributed by atoms with Gasteiger partial charge >= 0.3 is 0 Å². The molecule has 2 heteroatoms. The van der Waals surface area contributed by atoms with E-state index in [1.807, 2.05) is 13.0 Å². The minimum atomic E-state index is -0.360. The third kappa shape index (κ3) is 12.5. The standard InChI is InChI=1S/C17H27IO/c1-4-6-8-9-10-12-16(18)14-17(19)13-15(3)11-7-5-2/h10,12,14-15,17,19H,4,6,8-9,11,13H2,1-3H3/b12-10+,16-14-/t15-,17+/m1/s1. The lowest BCUT2D eigenvalue weighted by Gasteiger charge is -2.11. The molecule has 19 heavy (non-hydrogen) atoms. The zero-order valence-electron chi connectivity index (χ0n) is 12.5. The molecule has 0 amide bonds. The zero-order chi connectivity index (χ0) is 14.5. The van der Waals surface area contributed by atoms with Crippen molar-refractivity contribution in [3.8, 4) is 11.8 Å². The Morgan fingerprint density at radius 3 is 2.74 bits per heavy atom. The van der Waals surface area contributed by atoms with E-state index >= 15 is 0 Å². The molecule has 0 aliphatic heterocycles. The van der Waals surface area contributed by atoms with Crippen molar-refractivity contribution in [2.24, 2.45) is 5.92 Å². The van der Waals surface area contributed by atoms with Gasteiger partial charge in [-0.15, -0.1) is 11.8 Å². The number of aliphatic hydroxyl groups excluding tert-OH is 1. The summed E-state index contributed by atoms with van der Waals surface area (Å²) in [5.74, 6) is 6.40. The Morgan fingerprint density at radius 2 is 2.11 bits per heavy atom. The number of allylic oxidation sites excluding steroid dienone is 3. The van der Waals surface area contributed by atoms with Crippen molar-refractivity contribution >= 4 is 22.6 Å². The molecule has 1 nitrogen and oxygen atoms in total. The number of rotatable bonds is 9. The van der Waals surface area contributed by atoms with Gasteiger partial charge in [0.05, 0.1) is 6.10 Å². The second-order valence-corrected chi connectivity index (χ2v) is 6.23. The summed E-state index contributed by atoms with van der Waals surface area (Å²) in [5, 5.41) is 9.97. The van der Waals surface area contributed by atoms with E-state index in [0.717, 1.165) is 22.8 Å². The normalized spacial score (nSPS) is 15.1. The molecule has 0 aromatic carbocycles. The Balaban J connectivity index is 4.00. The van der Waals surface area contributed by atoms with Crippen molar-refractivity contribution in [2.45, 2.75) is 65.4 Å². The SMILES string of the molecule is CC#CC[C@@H](C)C[C@H](O)/C=C(I)/C=C/CCCCC. The van der Waals surface area contributed by atoms with Gasteiger partial charge in [0, 0.05) is 10.0 Å². The van der Waals surface area contributed by atoms with Gasteiger partial charge < -0.3 is 5.11 Å². The van der Waals surface area contributed by atoms with Crippen LogP contribution in [0.5, 0.6) is 0 Å². The van der Waals surface area contributed by atoms with Gasteiger partial charge in [0.25, 0.3) is 0 Å². The lowest BCUT2D eigenvalue weighted by Crippen LogP contribution is -2.08. The van der Waals surface area contributed by atoms with Crippen molar-refractivity contribution < 1.29 is 5.11 Å². The molecule has 0 rings (SSSR count). The third-order valence-corrected chi connectivity index (χ3v) is 3.59. The first-order valence-corrected chi connectivity index (χ1v) is 8.29. The van der Waals surface area contributed by atoms with Gasteiger partial charge in [-0.25, -0.2) is 0 Å². The van der Waals surface area contributed by atoms with Crippen molar-refractivity contribution in [1.29, 1.82) is 0 Å². The number of unbranched alkanes of at least 4 members (excludes halogenated alkanes) is 3. The largest absolute Gasteiger partial charge is 0.389 e. The van der Waals surface area contributed by atoms with Gasteiger partial charge in [-0.2, -0.15) is 0 Å². The smallest absolute Gasteiger partial charge is 0.0736 e. The average molecular weight is 374 g/mol. The quantitative estimate of drug-likeness (QED) is 0.253. The maximum absolute atomic E-state index is 9.97. The molecule has 0 aliphatic rings. The second kappa shape index (κ2) is 12.7. The summed E-state index contributed by atoms with van der Waals surface area (Å²) in [6.45, 7) is 6.21. The maximum atomic E-state index is 9.97. The van der Waals surface area contributed by atoms with E-state index in [0.29, 0.717) is 5.92 Å². The van der Waals surface area contributed by atoms with Gasteiger partial charge in [0.2, 0.25) is 0 Å². The molecular formula is C17H27IO. The third-order valence-electron chi connectivity index (χ3n) is 2.87. The fourth-order valence-electron chi connectivity index (χ4n) is 1.79.